The van der Waals surface area contributed by atoms with Crippen molar-refractivity contribution < 1.29 is 5.11 Å². The Balaban J connectivity index is 2.53. The number of hydrogen-bond acceptors (Lipinski definition) is 4. The van der Waals surface area contributed by atoms with E-state index in [1.165, 1.54) is 0 Å². The highest BCUT2D eigenvalue weighted by Crippen LogP contribution is 2.18. The summed E-state index contributed by atoms with van der Waals surface area (Å²) in [4.78, 5) is 23.3. The zero-order chi connectivity index (χ0) is 14.0. The summed E-state index contributed by atoms with van der Waals surface area (Å²) in [5.41, 5.74) is 1.75. The fourth-order valence-corrected chi connectivity index (χ4v) is 2.04. The first-order valence-corrected chi connectivity index (χ1v) is 6.27. The number of rotatable bonds is 4. The first-order chi connectivity index (χ1) is 9.04. The molecule has 102 valence electrons. The Hall–Kier alpha value is -1.95. The molecule has 0 saturated heterocycles. The molecule has 0 aromatic carbocycles. The van der Waals surface area contributed by atoms with E-state index in [-0.39, 0.29) is 18.2 Å². The lowest BCUT2D eigenvalue weighted by molar-refractivity contribution is 0.298. The lowest BCUT2D eigenvalue weighted by atomic mass is 10.2. The Morgan fingerprint density at radius 3 is 2.79 bits per heavy atom. The van der Waals surface area contributed by atoms with Crippen LogP contribution in [0.25, 0.3) is 11.5 Å². The fraction of sp³-hybridized carbons (Fsp3) is 0.462. The summed E-state index contributed by atoms with van der Waals surface area (Å²) in [6, 6.07) is 0.236. The Labute approximate surface area is 111 Å². The predicted octanol–water partition coefficient (Wildman–Crippen LogP) is 1.06. The second-order valence-corrected chi connectivity index (χ2v) is 4.73. The molecule has 2 N–H and O–H groups in total. The number of imidazole rings is 1. The van der Waals surface area contributed by atoms with Crippen LogP contribution in [0.15, 0.2) is 17.3 Å². The van der Waals surface area contributed by atoms with Crippen molar-refractivity contribution in [1.82, 2.24) is 19.5 Å². The van der Waals surface area contributed by atoms with E-state index in [2.05, 4.69) is 15.0 Å². The Morgan fingerprint density at radius 1 is 1.47 bits per heavy atom. The van der Waals surface area contributed by atoms with Crippen LogP contribution < -0.4 is 5.56 Å². The summed E-state index contributed by atoms with van der Waals surface area (Å²) >= 11 is 0. The smallest absolute Gasteiger partial charge is 0.254 e. The SMILES string of the molecule is Cc1nc(-c2cncn2C(C)C)[nH]c(=O)c1CCO. The molecule has 0 spiro atoms. The van der Waals surface area contributed by atoms with Gasteiger partial charge in [0.15, 0.2) is 5.82 Å². The summed E-state index contributed by atoms with van der Waals surface area (Å²) in [6.07, 6.45) is 3.72. The van der Waals surface area contributed by atoms with Crippen molar-refractivity contribution in [3.05, 3.63) is 34.1 Å². The van der Waals surface area contributed by atoms with Gasteiger partial charge in [-0.3, -0.25) is 4.79 Å². The molecule has 0 atom stereocenters. The molecule has 0 aliphatic heterocycles. The largest absolute Gasteiger partial charge is 0.396 e. The molecule has 2 rings (SSSR count). The third-order valence-corrected chi connectivity index (χ3v) is 3.05. The Morgan fingerprint density at radius 2 is 2.21 bits per heavy atom. The van der Waals surface area contributed by atoms with E-state index >= 15 is 0 Å². The zero-order valence-corrected chi connectivity index (χ0v) is 11.3. The van der Waals surface area contributed by atoms with Gasteiger partial charge in [-0.25, -0.2) is 9.97 Å². The summed E-state index contributed by atoms with van der Waals surface area (Å²) < 4.78 is 1.95. The molecule has 0 aliphatic carbocycles. The highest BCUT2D eigenvalue weighted by molar-refractivity contribution is 5.49. The minimum atomic E-state index is -0.201. The number of nitrogens with one attached hydrogen (secondary N) is 1. The summed E-state index contributed by atoms with van der Waals surface area (Å²) in [5, 5.41) is 8.94. The van der Waals surface area contributed by atoms with Crippen LogP contribution in [0.5, 0.6) is 0 Å². The van der Waals surface area contributed by atoms with E-state index in [9.17, 15) is 4.79 Å². The standard InChI is InChI=1S/C13H18N4O2/c1-8(2)17-7-14-6-11(17)12-15-9(3)10(4-5-18)13(19)16-12/h6-8,18H,4-5H2,1-3H3,(H,15,16,19). The van der Waals surface area contributed by atoms with Gasteiger partial charge in [0.1, 0.15) is 5.69 Å². The van der Waals surface area contributed by atoms with Crippen LogP contribution in [0.1, 0.15) is 31.1 Å². The second kappa shape index (κ2) is 5.36. The van der Waals surface area contributed by atoms with Gasteiger partial charge >= 0.3 is 0 Å². The van der Waals surface area contributed by atoms with Gasteiger partial charge in [0.25, 0.3) is 5.56 Å². The Bertz CT molecular complexity index is 628. The number of H-pyrrole nitrogens is 1. The molecule has 0 bridgehead atoms. The van der Waals surface area contributed by atoms with Crippen molar-refractivity contribution >= 4 is 0 Å². The molecule has 0 unspecified atom stereocenters. The normalized spacial score (nSPS) is 11.2. The van der Waals surface area contributed by atoms with Crippen molar-refractivity contribution in [2.24, 2.45) is 0 Å². The summed E-state index contributed by atoms with van der Waals surface area (Å²) in [7, 11) is 0. The number of nitrogens with zero attached hydrogens (tertiary/aromatic N) is 3. The van der Waals surface area contributed by atoms with E-state index in [0.29, 0.717) is 23.5 Å². The number of aryl methyl sites for hydroxylation is 1. The molecule has 6 heteroatoms. The maximum absolute atomic E-state index is 12.0. The number of aliphatic hydroxyl groups is 1. The Kier molecular flexibility index (Phi) is 3.80. The minimum Gasteiger partial charge on any atom is -0.396 e. The van der Waals surface area contributed by atoms with Crippen molar-refractivity contribution in [1.29, 1.82) is 0 Å². The molecule has 0 radical (unpaired) electrons. The van der Waals surface area contributed by atoms with E-state index < -0.39 is 0 Å². The quantitative estimate of drug-likeness (QED) is 0.863. The molecule has 0 fully saturated rings. The van der Waals surface area contributed by atoms with Crippen LogP contribution in [0.4, 0.5) is 0 Å². The van der Waals surface area contributed by atoms with Crippen LogP contribution in [-0.2, 0) is 6.42 Å². The molecule has 0 saturated carbocycles. The maximum Gasteiger partial charge on any atom is 0.254 e. The van der Waals surface area contributed by atoms with Gasteiger partial charge in [-0.2, -0.15) is 0 Å². The fourth-order valence-electron chi connectivity index (χ4n) is 2.04. The van der Waals surface area contributed by atoms with Crippen LogP contribution in [-0.4, -0.2) is 31.2 Å². The zero-order valence-electron chi connectivity index (χ0n) is 11.3. The van der Waals surface area contributed by atoms with E-state index in [0.717, 1.165) is 5.69 Å². The van der Waals surface area contributed by atoms with E-state index in [1.54, 1.807) is 19.4 Å². The van der Waals surface area contributed by atoms with Crippen LogP contribution >= 0.6 is 0 Å². The minimum absolute atomic E-state index is 0.0606. The lowest BCUT2D eigenvalue weighted by Crippen LogP contribution is -2.19. The van der Waals surface area contributed by atoms with Crippen molar-refractivity contribution in [3.63, 3.8) is 0 Å². The average molecular weight is 262 g/mol. The van der Waals surface area contributed by atoms with Gasteiger partial charge in [-0.05, 0) is 20.8 Å². The molecule has 6 nitrogen and oxygen atoms in total. The van der Waals surface area contributed by atoms with Gasteiger partial charge in [-0.1, -0.05) is 0 Å². The van der Waals surface area contributed by atoms with Crippen LogP contribution in [0, 0.1) is 6.92 Å². The lowest BCUT2D eigenvalue weighted by Gasteiger charge is -2.12. The first-order valence-electron chi connectivity index (χ1n) is 6.27. The number of hydrogen-bond donors (Lipinski definition) is 2. The first kappa shape index (κ1) is 13.5. The van der Waals surface area contributed by atoms with E-state index in [1.807, 2.05) is 18.4 Å². The monoisotopic (exact) mass is 262 g/mol. The predicted molar refractivity (Wildman–Crippen MR) is 72.0 cm³/mol. The van der Waals surface area contributed by atoms with Crippen LogP contribution in [0.2, 0.25) is 0 Å². The average Bonchev–Trinajstić information content (AvgIpc) is 2.82. The van der Waals surface area contributed by atoms with Crippen molar-refractivity contribution in [2.45, 2.75) is 33.2 Å². The van der Waals surface area contributed by atoms with Gasteiger partial charge in [0.05, 0.1) is 12.5 Å². The molecule has 2 heterocycles. The highest BCUT2D eigenvalue weighted by atomic mass is 16.3. The molecule has 2 aromatic heterocycles. The second-order valence-electron chi connectivity index (χ2n) is 4.73. The van der Waals surface area contributed by atoms with Gasteiger partial charge in [0, 0.05) is 30.3 Å². The van der Waals surface area contributed by atoms with E-state index in [4.69, 9.17) is 5.11 Å². The summed E-state index contributed by atoms with van der Waals surface area (Å²) in [6.45, 7) is 5.79. The van der Waals surface area contributed by atoms with Crippen LogP contribution in [0.3, 0.4) is 0 Å². The third kappa shape index (κ3) is 2.58. The van der Waals surface area contributed by atoms with Gasteiger partial charge in [-0.15, -0.1) is 0 Å². The number of aromatic nitrogens is 4. The number of aromatic amines is 1. The highest BCUT2D eigenvalue weighted by Gasteiger charge is 2.13. The molecule has 0 amide bonds. The molecular formula is C13H18N4O2. The third-order valence-electron chi connectivity index (χ3n) is 3.05. The molecule has 0 aliphatic rings. The van der Waals surface area contributed by atoms with Gasteiger partial charge < -0.3 is 14.7 Å². The van der Waals surface area contributed by atoms with Crippen molar-refractivity contribution in [3.8, 4) is 11.5 Å². The molecule has 2 aromatic rings. The topological polar surface area (TPSA) is 83.8 Å². The molecular weight excluding hydrogens is 244 g/mol. The van der Waals surface area contributed by atoms with Gasteiger partial charge in [0.2, 0.25) is 0 Å². The molecule has 19 heavy (non-hydrogen) atoms. The summed E-state index contributed by atoms with van der Waals surface area (Å²) in [5.74, 6) is 0.510. The number of aliphatic hydroxyl groups excluding tert-OH is 1. The van der Waals surface area contributed by atoms with Crippen molar-refractivity contribution in [2.75, 3.05) is 6.61 Å². The maximum atomic E-state index is 12.0.